The van der Waals surface area contributed by atoms with Crippen molar-refractivity contribution >= 4 is 35.2 Å². The number of nitrogens with one attached hydrogen (secondary N) is 2. The zero-order valence-electron chi connectivity index (χ0n) is 12.7. The third kappa shape index (κ3) is 4.78. The van der Waals surface area contributed by atoms with Gasteiger partial charge in [-0.3, -0.25) is 10.8 Å². The van der Waals surface area contributed by atoms with Crippen LogP contribution >= 0.6 is 11.6 Å². The van der Waals surface area contributed by atoms with Crippen molar-refractivity contribution in [2.24, 2.45) is 0 Å². The number of hydrogen-bond donors (Lipinski definition) is 2. The molecular weight excluding hydrogens is 351 g/mol. The fourth-order valence-electron chi connectivity index (χ4n) is 2.06. The van der Waals surface area contributed by atoms with Crippen molar-refractivity contribution in [2.75, 3.05) is 0 Å². The Morgan fingerprint density at radius 3 is 2.36 bits per heavy atom. The van der Waals surface area contributed by atoms with E-state index in [1.807, 2.05) is 0 Å². The lowest BCUT2D eigenvalue weighted by Crippen LogP contribution is -2.10. The molecule has 25 heavy (non-hydrogen) atoms. The summed E-state index contributed by atoms with van der Waals surface area (Å²) >= 11 is 5.98. The van der Waals surface area contributed by atoms with Gasteiger partial charge in [-0.2, -0.15) is 18.4 Å². The Bertz CT molecular complexity index is 909. The van der Waals surface area contributed by atoms with Crippen molar-refractivity contribution < 1.29 is 13.2 Å². The van der Waals surface area contributed by atoms with Gasteiger partial charge in [0.25, 0.3) is 0 Å². The fraction of sp³-hybridized carbons (Fsp3) is 0.0556. The standard InChI is InChI=1S/C18H11ClF3N3/c19-15-8-12(6-13(9-15)17(25)16(24)10-23)5-4-11-2-1-3-14(7-11)18(20,21)22/h1-9,24-25H/b5-4+,24-16?,25-17?. The normalized spacial score (nSPS) is 11.3. The average Bonchev–Trinajstić information content (AvgIpc) is 2.57. The highest BCUT2D eigenvalue weighted by molar-refractivity contribution is 6.51. The van der Waals surface area contributed by atoms with E-state index in [9.17, 15) is 13.2 Å². The molecule has 2 aromatic rings. The zero-order chi connectivity index (χ0) is 18.6. The second-order valence-corrected chi connectivity index (χ2v) is 5.53. The second kappa shape index (κ2) is 7.32. The van der Waals surface area contributed by atoms with E-state index in [0.717, 1.165) is 12.1 Å². The summed E-state index contributed by atoms with van der Waals surface area (Å²) in [6, 6.07) is 11.0. The molecule has 0 bridgehead atoms. The first-order chi connectivity index (χ1) is 11.7. The van der Waals surface area contributed by atoms with Crippen LogP contribution in [0.3, 0.4) is 0 Å². The van der Waals surface area contributed by atoms with Crippen molar-refractivity contribution in [3.63, 3.8) is 0 Å². The van der Waals surface area contributed by atoms with Gasteiger partial charge in [0.2, 0.25) is 0 Å². The molecule has 0 heterocycles. The molecule has 0 unspecified atom stereocenters. The summed E-state index contributed by atoms with van der Waals surface area (Å²) < 4.78 is 38.2. The monoisotopic (exact) mass is 361 g/mol. The Balaban J connectivity index is 2.33. The third-order valence-corrected chi connectivity index (χ3v) is 3.47. The van der Waals surface area contributed by atoms with Crippen LogP contribution in [0, 0.1) is 22.1 Å². The largest absolute Gasteiger partial charge is 0.416 e. The SMILES string of the molecule is N#CC(=N)C(=N)c1cc(Cl)cc(/C=C/c2cccc(C(F)(F)F)c2)c1. The molecule has 126 valence electrons. The number of hydrogen-bond acceptors (Lipinski definition) is 3. The number of alkyl halides is 3. The molecule has 3 nitrogen and oxygen atoms in total. The van der Waals surface area contributed by atoms with Gasteiger partial charge in [-0.25, -0.2) is 0 Å². The van der Waals surface area contributed by atoms with Crippen LogP contribution < -0.4 is 0 Å². The average molecular weight is 362 g/mol. The molecule has 0 fully saturated rings. The minimum absolute atomic E-state index is 0.279. The van der Waals surface area contributed by atoms with E-state index in [-0.39, 0.29) is 16.3 Å². The molecular formula is C18H11ClF3N3. The number of halogens is 4. The first-order valence-corrected chi connectivity index (χ1v) is 7.32. The molecule has 2 rings (SSSR count). The van der Waals surface area contributed by atoms with E-state index in [1.165, 1.54) is 30.3 Å². The molecule has 0 amide bonds. The number of nitrogens with zero attached hydrogens (tertiary/aromatic N) is 1. The maximum Gasteiger partial charge on any atom is 0.416 e. The van der Waals surface area contributed by atoms with Crippen LogP contribution in [0.2, 0.25) is 5.02 Å². The number of nitriles is 1. The van der Waals surface area contributed by atoms with Crippen molar-refractivity contribution in [1.82, 2.24) is 0 Å². The minimum Gasteiger partial charge on any atom is -0.297 e. The lowest BCUT2D eigenvalue weighted by molar-refractivity contribution is -0.137. The van der Waals surface area contributed by atoms with Gasteiger partial charge in [0.05, 0.1) is 11.3 Å². The molecule has 0 aliphatic rings. The number of benzene rings is 2. The lowest BCUT2D eigenvalue weighted by Gasteiger charge is -2.07. The van der Waals surface area contributed by atoms with Crippen LogP contribution in [0.15, 0.2) is 42.5 Å². The van der Waals surface area contributed by atoms with Gasteiger partial charge < -0.3 is 0 Å². The summed E-state index contributed by atoms with van der Waals surface area (Å²) in [5.74, 6) is 0. The lowest BCUT2D eigenvalue weighted by atomic mass is 10.0. The second-order valence-electron chi connectivity index (χ2n) is 5.09. The Kier molecular flexibility index (Phi) is 5.40. The van der Waals surface area contributed by atoms with Crippen LogP contribution in [0.5, 0.6) is 0 Å². The topological polar surface area (TPSA) is 71.5 Å². The van der Waals surface area contributed by atoms with Crippen LogP contribution in [-0.2, 0) is 6.18 Å². The first-order valence-electron chi connectivity index (χ1n) is 6.94. The molecule has 0 aliphatic carbocycles. The van der Waals surface area contributed by atoms with Crippen molar-refractivity contribution in [1.29, 1.82) is 16.1 Å². The summed E-state index contributed by atoms with van der Waals surface area (Å²) in [6.07, 6.45) is -1.38. The van der Waals surface area contributed by atoms with Gasteiger partial charge in [-0.1, -0.05) is 35.9 Å². The first kappa shape index (κ1) is 18.4. The zero-order valence-corrected chi connectivity index (χ0v) is 13.4. The van der Waals surface area contributed by atoms with E-state index in [0.29, 0.717) is 11.1 Å². The van der Waals surface area contributed by atoms with Crippen LogP contribution in [0.1, 0.15) is 22.3 Å². The molecule has 0 saturated carbocycles. The van der Waals surface area contributed by atoms with Crippen molar-refractivity contribution in [3.05, 3.63) is 69.7 Å². The highest BCUT2D eigenvalue weighted by Crippen LogP contribution is 2.30. The van der Waals surface area contributed by atoms with Crippen molar-refractivity contribution in [2.45, 2.75) is 6.18 Å². The molecule has 7 heteroatoms. The van der Waals surface area contributed by atoms with Crippen molar-refractivity contribution in [3.8, 4) is 6.07 Å². The molecule has 2 aromatic carbocycles. The Morgan fingerprint density at radius 2 is 1.72 bits per heavy atom. The van der Waals surface area contributed by atoms with Gasteiger partial charge in [-0.05, 0) is 41.5 Å². The highest BCUT2D eigenvalue weighted by Gasteiger charge is 2.30. The third-order valence-electron chi connectivity index (χ3n) is 3.25. The summed E-state index contributed by atoms with van der Waals surface area (Å²) in [4.78, 5) is 0. The van der Waals surface area contributed by atoms with Gasteiger partial charge in [0.1, 0.15) is 6.07 Å². The van der Waals surface area contributed by atoms with Gasteiger partial charge in [0, 0.05) is 10.6 Å². The molecule has 0 spiro atoms. The summed E-state index contributed by atoms with van der Waals surface area (Å²) in [6.45, 7) is 0. The highest BCUT2D eigenvalue weighted by atomic mass is 35.5. The Labute approximate surface area is 147 Å². The van der Waals surface area contributed by atoms with E-state index < -0.39 is 17.5 Å². The minimum atomic E-state index is -4.42. The molecule has 0 radical (unpaired) electrons. The Morgan fingerprint density at radius 1 is 1.04 bits per heavy atom. The molecule has 0 saturated heterocycles. The maximum absolute atomic E-state index is 12.7. The summed E-state index contributed by atoms with van der Waals surface area (Å²) in [7, 11) is 0. The molecule has 0 aromatic heterocycles. The quantitative estimate of drug-likeness (QED) is 0.552. The Hall–Kier alpha value is -2.91. The fourth-order valence-corrected chi connectivity index (χ4v) is 2.31. The smallest absolute Gasteiger partial charge is 0.297 e. The predicted octanol–water partition coefficient (Wildman–Crippen LogP) is 5.44. The van der Waals surface area contributed by atoms with E-state index in [1.54, 1.807) is 18.2 Å². The molecule has 0 aliphatic heterocycles. The van der Waals surface area contributed by atoms with Crippen LogP contribution in [0.4, 0.5) is 13.2 Å². The van der Waals surface area contributed by atoms with Gasteiger partial charge >= 0.3 is 6.18 Å². The van der Waals surface area contributed by atoms with E-state index in [4.69, 9.17) is 27.7 Å². The van der Waals surface area contributed by atoms with Gasteiger partial charge in [-0.15, -0.1) is 0 Å². The number of rotatable bonds is 4. The predicted molar refractivity (Wildman–Crippen MR) is 92.0 cm³/mol. The summed E-state index contributed by atoms with van der Waals surface area (Å²) in [5.41, 5.74) is -0.353. The molecule has 0 atom stereocenters. The van der Waals surface area contributed by atoms with E-state index >= 15 is 0 Å². The molecule has 2 N–H and O–H groups in total. The van der Waals surface area contributed by atoms with Crippen LogP contribution in [0.25, 0.3) is 12.2 Å². The van der Waals surface area contributed by atoms with E-state index in [2.05, 4.69) is 0 Å². The van der Waals surface area contributed by atoms with Crippen LogP contribution in [-0.4, -0.2) is 11.4 Å². The summed E-state index contributed by atoms with van der Waals surface area (Å²) in [5, 5.41) is 24.1. The van der Waals surface area contributed by atoms with Gasteiger partial charge in [0.15, 0.2) is 5.71 Å². The maximum atomic E-state index is 12.7.